The Bertz CT molecular complexity index is 448. The Morgan fingerprint density at radius 2 is 2.18 bits per heavy atom. The van der Waals surface area contributed by atoms with Crippen LogP contribution in [0.15, 0.2) is 18.2 Å². The standard InChI is InChI=1S/C12H15FN2OS/c1-8-7-9(3-4-10(8)13)12(16)15(2)6-5-11(14)17/h3-4,7H,5-6H2,1-2H3,(H2,14,17). The summed E-state index contributed by atoms with van der Waals surface area (Å²) in [6, 6.07) is 4.31. The molecule has 17 heavy (non-hydrogen) atoms. The monoisotopic (exact) mass is 254 g/mol. The molecule has 1 aromatic carbocycles. The van der Waals surface area contributed by atoms with E-state index in [9.17, 15) is 9.18 Å². The van der Waals surface area contributed by atoms with Gasteiger partial charge in [0.05, 0.1) is 4.99 Å². The van der Waals surface area contributed by atoms with E-state index >= 15 is 0 Å². The quantitative estimate of drug-likeness (QED) is 0.835. The Hall–Kier alpha value is -1.49. The molecule has 0 aliphatic heterocycles. The van der Waals surface area contributed by atoms with E-state index in [0.717, 1.165) is 0 Å². The molecule has 1 aromatic rings. The van der Waals surface area contributed by atoms with Crippen molar-refractivity contribution < 1.29 is 9.18 Å². The second-order valence-electron chi connectivity index (χ2n) is 3.91. The highest BCUT2D eigenvalue weighted by molar-refractivity contribution is 7.80. The first-order chi connectivity index (χ1) is 7.91. The van der Waals surface area contributed by atoms with E-state index in [2.05, 4.69) is 0 Å². The molecule has 1 rings (SSSR count). The molecule has 92 valence electrons. The van der Waals surface area contributed by atoms with Gasteiger partial charge in [0.15, 0.2) is 0 Å². The highest BCUT2D eigenvalue weighted by atomic mass is 32.1. The van der Waals surface area contributed by atoms with Crippen LogP contribution in [0.4, 0.5) is 4.39 Å². The third-order valence-corrected chi connectivity index (χ3v) is 2.65. The molecule has 0 saturated heterocycles. The number of benzene rings is 1. The molecule has 0 saturated carbocycles. The van der Waals surface area contributed by atoms with E-state index in [4.69, 9.17) is 18.0 Å². The zero-order valence-corrected chi connectivity index (χ0v) is 10.7. The molecule has 0 aromatic heterocycles. The number of halogens is 1. The first-order valence-electron chi connectivity index (χ1n) is 5.21. The maximum absolute atomic E-state index is 13.1. The number of carbonyl (C=O) groups is 1. The Kier molecular flexibility index (Phi) is 4.57. The van der Waals surface area contributed by atoms with Crippen molar-refractivity contribution in [1.82, 2.24) is 4.90 Å². The van der Waals surface area contributed by atoms with Crippen molar-refractivity contribution in [2.24, 2.45) is 5.73 Å². The highest BCUT2D eigenvalue weighted by Crippen LogP contribution is 2.11. The molecule has 0 heterocycles. The molecule has 0 radical (unpaired) electrons. The largest absolute Gasteiger partial charge is 0.393 e. The lowest BCUT2D eigenvalue weighted by Crippen LogP contribution is -2.30. The molecule has 0 fully saturated rings. The zero-order valence-electron chi connectivity index (χ0n) is 9.87. The molecule has 0 unspecified atom stereocenters. The van der Waals surface area contributed by atoms with Crippen molar-refractivity contribution >= 4 is 23.1 Å². The van der Waals surface area contributed by atoms with Crippen LogP contribution in [0.1, 0.15) is 22.3 Å². The van der Waals surface area contributed by atoms with Crippen molar-refractivity contribution in [3.63, 3.8) is 0 Å². The number of nitrogens with zero attached hydrogens (tertiary/aromatic N) is 1. The van der Waals surface area contributed by atoms with Crippen molar-refractivity contribution in [3.8, 4) is 0 Å². The average Bonchev–Trinajstić information content (AvgIpc) is 2.28. The first kappa shape index (κ1) is 13.6. The highest BCUT2D eigenvalue weighted by Gasteiger charge is 2.12. The van der Waals surface area contributed by atoms with Gasteiger partial charge in [0, 0.05) is 25.6 Å². The van der Waals surface area contributed by atoms with Crippen LogP contribution in [-0.4, -0.2) is 29.4 Å². The number of aryl methyl sites for hydroxylation is 1. The molecule has 3 nitrogen and oxygen atoms in total. The van der Waals surface area contributed by atoms with Gasteiger partial charge in [-0.3, -0.25) is 4.79 Å². The maximum Gasteiger partial charge on any atom is 0.253 e. The summed E-state index contributed by atoms with van der Waals surface area (Å²) in [6.45, 7) is 2.09. The van der Waals surface area contributed by atoms with Gasteiger partial charge in [0.25, 0.3) is 5.91 Å². The van der Waals surface area contributed by atoms with E-state index in [0.29, 0.717) is 29.1 Å². The summed E-state index contributed by atoms with van der Waals surface area (Å²) in [5.74, 6) is -0.475. The van der Waals surface area contributed by atoms with Gasteiger partial charge in [-0.05, 0) is 30.7 Å². The molecular formula is C12H15FN2OS. The second kappa shape index (κ2) is 5.72. The van der Waals surface area contributed by atoms with Crippen LogP contribution in [0, 0.1) is 12.7 Å². The molecule has 2 N–H and O–H groups in total. The van der Waals surface area contributed by atoms with Gasteiger partial charge in [0.2, 0.25) is 0 Å². The van der Waals surface area contributed by atoms with Crippen molar-refractivity contribution in [2.45, 2.75) is 13.3 Å². The number of rotatable bonds is 4. The predicted octanol–water partition coefficient (Wildman–Crippen LogP) is 1.88. The van der Waals surface area contributed by atoms with E-state index < -0.39 is 0 Å². The lowest BCUT2D eigenvalue weighted by Gasteiger charge is -2.17. The normalized spacial score (nSPS) is 10.1. The van der Waals surface area contributed by atoms with Gasteiger partial charge in [-0.2, -0.15) is 0 Å². The fourth-order valence-electron chi connectivity index (χ4n) is 1.38. The molecule has 0 atom stereocenters. The molecule has 0 spiro atoms. The average molecular weight is 254 g/mol. The predicted molar refractivity (Wildman–Crippen MR) is 69.5 cm³/mol. The van der Waals surface area contributed by atoms with Crippen LogP contribution in [0.25, 0.3) is 0 Å². The summed E-state index contributed by atoms with van der Waals surface area (Å²) < 4.78 is 13.1. The number of hydrogen-bond acceptors (Lipinski definition) is 2. The van der Waals surface area contributed by atoms with Gasteiger partial charge in [0.1, 0.15) is 5.82 Å². The molecular weight excluding hydrogens is 239 g/mol. The first-order valence-corrected chi connectivity index (χ1v) is 5.62. The third kappa shape index (κ3) is 3.78. The minimum Gasteiger partial charge on any atom is -0.393 e. The van der Waals surface area contributed by atoms with Crippen molar-refractivity contribution in [2.75, 3.05) is 13.6 Å². The van der Waals surface area contributed by atoms with E-state index in [1.165, 1.54) is 23.1 Å². The smallest absolute Gasteiger partial charge is 0.253 e. The minimum absolute atomic E-state index is 0.163. The molecule has 0 aliphatic carbocycles. The summed E-state index contributed by atoms with van der Waals surface area (Å²) in [6.07, 6.45) is 0.484. The number of hydrogen-bond donors (Lipinski definition) is 1. The summed E-state index contributed by atoms with van der Waals surface area (Å²) in [4.78, 5) is 13.8. The summed E-state index contributed by atoms with van der Waals surface area (Å²) >= 11 is 4.75. The lowest BCUT2D eigenvalue weighted by atomic mass is 10.1. The Balaban J connectivity index is 2.74. The van der Waals surface area contributed by atoms with Crippen molar-refractivity contribution in [1.29, 1.82) is 0 Å². The van der Waals surface area contributed by atoms with Gasteiger partial charge >= 0.3 is 0 Å². The van der Waals surface area contributed by atoms with Crippen LogP contribution in [-0.2, 0) is 0 Å². The fraction of sp³-hybridized carbons (Fsp3) is 0.333. The number of nitrogens with two attached hydrogens (primary N) is 1. The van der Waals surface area contributed by atoms with Gasteiger partial charge in [-0.15, -0.1) is 0 Å². The molecule has 5 heteroatoms. The Morgan fingerprint density at radius 3 is 2.71 bits per heavy atom. The van der Waals surface area contributed by atoms with Crippen LogP contribution < -0.4 is 5.73 Å². The van der Waals surface area contributed by atoms with E-state index in [-0.39, 0.29) is 11.7 Å². The van der Waals surface area contributed by atoms with E-state index in [1.807, 2.05) is 0 Å². The SMILES string of the molecule is Cc1cc(C(=O)N(C)CCC(N)=S)ccc1F. The number of amides is 1. The minimum atomic E-state index is -0.313. The Morgan fingerprint density at radius 1 is 1.53 bits per heavy atom. The fourth-order valence-corrected chi connectivity index (χ4v) is 1.47. The number of thiocarbonyl (C=S) groups is 1. The lowest BCUT2D eigenvalue weighted by molar-refractivity contribution is 0.0799. The van der Waals surface area contributed by atoms with Gasteiger partial charge < -0.3 is 10.6 Å². The molecule has 0 bridgehead atoms. The van der Waals surface area contributed by atoms with Crippen LogP contribution in [0.3, 0.4) is 0 Å². The number of carbonyl (C=O) groups excluding carboxylic acids is 1. The van der Waals surface area contributed by atoms with E-state index in [1.54, 1.807) is 14.0 Å². The van der Waals surface area contributed by atoms with Crippen LogP contribution in [0.2, 0.25) is 0 Å². The van der Waals surface area contributed by atoms with Crippen LogP contribution >= 0.6 is 12.2 Å². The summed E-state index contributed by atoms with van der Waals surface area (Å²) in [5.41, 5.74) is 6.29. The Labute approximate surface area is 105 Å². The van der Waals surface area contributed by atoms with Gasteiger partial charge in [-0.1, -0.05) is 12.2 Å². The second-order valence-corrected chi connectivity index (χ2v) is 4.43. The molecule has 1 amide bonds. The summed E-state index contributed by atoms with van der Waals surface area (Å²) in [5, 5.41) is 0. The summed E-state index contributed by atoms with van der Waals surface area (Å²) in [7, 11) is 1.67. The molecule has 0 aliphatic rings. The maximum atomic E-state index is 13.1. The van der Waals surface area contributed by atoms with Gasteiger partial charge in [-0.25, -0.2) is 4.39 Å². The third-order valence-electron chi connectivity index (χ3n) is 2.45. The zero-order chi connectivity index (χ0) is 13.0. The van der Waals surface area contributed by atoms with Crippen LogP contribution in [0.5, 0.6) is 0 Å². The topological polar surface area (TPSA) is 46.3 Å². The van der Waals surface area contributed by atoms with Crippen molar-refractivity contribution in [3.05, 3.63) is 35.1 Å².